The van der Waals surface area contributed by atoms with Gasteiger partial charge in [-0.05, 0) is 49.1 Å². The first-order valence-electron chi connectivity index (χ1n) is 8.52. The summed E-state index contributed by atoms with van der Waals surface area (Å²) < 4.78 is 0. The smallest absolute Gasteiger partial charge is 0.293 e. The second kappa shape index (κ2) is 7.34. The van der Waals surface area contributed by atoms with E-state index in [0.29, 0.717) is 11.4 Å². The lowest BCUT2D eigenvalue weighted by molar-refractivity contribution is -0.384. The van der Waals surface area contributed by atoms with Gasteiger partial charge in [0.1, 0.15) is 5.69 Å². The number of hydrogen-bond acceptors (Lipinski definition) is 4. The molecule has 25 heavy (non-hydrogen) atoms. The third-order valence-electron chi connectivity index (χ3n) is 4.47. The zero-order chi connectivity index (χ0) is 17.8. The number of aryl methyl sites for hydroxylation is 1. The molecule has 6 nitrogen and oxygen atoms in total. The minimum atomic E-state index is -0.415. The zero-order valence-electron chi connectivity index (χ0n) is 14.2. The Hall–Kier alpha value is -2.89. The Morgan fingerprint density at radius 3 is 2.64 bits per heavy atom. The summed E-state index contributed by atoms with van der Waals surface area (Å²) in [7, 11) is 0. The van der Waals surface area contributed by atoms with Crippen LogP contribution < -0.4 is 10.2 Å². The molecular weight excluding hydrogens is 318 g/mol. The highest BCUT2D eigenvalue weighted by Crippen LogP contribution is 2.31. The Balaban J connectivity index is 1.84. The highest BCUT2D eigenvalue weighted by molar-refractivity contribution is 6.05. The summed E-state index contributed by atoms with van der Waals surface area (Å²) in [4.78, 5) is 25.5. The van der Waals surface area contributed by atoms with Crippen molar-refractivity contribution in [3.63, 3.8) is 0 Å². The van der Waals surface area contributed by atoms with E-state index in [4.69, 9.17) is 0 Å². The zero-order valence-corrected chi connectivity index (χ0v) is 14.2. The van der Waals surface area contributed by atoms with Crippen LogP contribution in [0.5, 0.6) is 0 Å². The van der Waals surface area contributed by atoms with E-state index in [1.165, 1.54) is 6.07 Å². The molecule has 1 aliphatic rings. The standard InChI is InChI=1S/C19H21N3O3/c1-2-14-6-5-7-16(12-14)20-19(23)15-8-9-17(18(13-15)22(24)25)21-10-3-4-11-21/h5-9,12-13H,2-4,10-11H2,1H3,(H,20,23). The van der Waals surface area contributed by atoms with Crippen molar-refractivity contribution in [2.45, 2.75) is 26.2 Å². The summed E-state index contributed by atoms with van der Waals surface area (Å²) in [5.74, 6) is -0.343. The highest BCUT2D eigenvalue weighted by atomic mass is 16.6. The maximum atomic E-state index is 12.5. The molecule has 0 aliphatic carbocycles. The van der Waals surface area contributed by atoms with Gasteiger partial charge in [0.15, 0.2) is 0 Å². The van der Waals surface area contributed by atoms with E-state index in [2.05, 4.69) is 5.32 Å². The van der Waals surface area contributed by atoms with Gasteiger partial charge in [0.25, 0.3) is 11.6 Å². The average Bonchev–Trinajstić information content (AvgIpc) is 3.15. The first kappa shape index (κ1) is 17.0. The minimum absolute atomic E-state index is 0.0168. The number of hydrogen-bond donors (Lipinski definition) is 1. The van der Waals surface area contributed by atoms with Crippen LogP contribution in [0.15, 0.2) is 42.5 Å². The molecular formula is C19H21N3O3. The van der Waals surface area contributed by atoms with E-state index in [9.17, 15) is 14.9 Å². The molecule has 6 heteroatoms. The van der Waals surface area contributed by atoms with E-state index in [1.807, 2.05) is 36.1 Å². The molecule has 1 fully saturated rings. The maximum absolute atomic E-state index is 12.5. The normalized spacial score (nSPS) is 13.7. The van der Waals surface area contributed by atoms with E-state index < -0.39 is 4.92 Å². The van der Waals surface area contributed by atoms with E-state index >= 15 is 0 Å². The largest absolute Gasteiger partial charge is 0.366 e. The molecule has 2 aromatic carbocycles. The number of carbonyl (C=O) groups is 1. The van der Waals surface area contributed by atoms with Crippen LogP contribution in [0.3, 0.4) is 0 Å². The number of anilines is 2. The first-order valence-corrected chi connectivity index (χ1v) is 8.52. The number of rotatable bonds is 5. The number of benzene rings is 2. The van der Waals surface area contributed by atoms with Crippen molar-refractivity contribution in [1.29, 1.82) is 0 Å². The minimum Gasteiger partial charge on any atom is -0.366 e. The Kier molecular flexibility index (Phi) is 4.97. The Labute approximate surface area is 146 Å². The van der Waals surface area contributed by atoms with Gasteiger partial charge in [-0.3, -0.25) is 14.9 Å². The lowest BCUT2D eigenvalue weighted by Crippen LogP contribution is -2.19. The number of nitro groups is 1. The number of nitrogens with one attached hydrogen (secondary N) is 1. The molecule has 1 amide bonds. The summed E-state index contributed by atoms with van der Waals surface area (Å²) >= 11 is 0. The molecule has 0 aromatic heterocycles. The molecule has 1 heterocycles. The second-order valence-corrected chi connectivity index (χ2v) is 6.16. The third kappa shape index (κ3) is 3.79. The van der Waals surface area contributed by atoms with Gasteiger partial charge in [0.05, 0.1) is 4.92 Å². The van der Waals surface area contributed by atoms with Gasteiger partial charge < -0.3 is 10.2 Å². The Morgan fingerprint density at radius 2 is 1.96 bits per heavy atom. The molecule has 0 unspecified atom stereocenters. The van der Waals surface area contributed by atoms with Crippen LogP contribution in [0, 0.1) is 10.1 Å². The quantitative estimate of drug-likeness (QED) is 0.660. The van der Waals surface area contributed by atoms with E-state index in [-0.39, 0.29) is 17.2 Å². The molecule has 1 N–H and O–H groups in total. The summed E-state index contributed by atoms with van der Waals surface area (Å²) in [5.41, 5.74) is 2.67. The Morgan fingerprint density at radius 1 is 1.20 bits per heavy atom. The Bertz CT molecular complexity index is 798. The van der Waals surface area contributed by atoms with Crippen LogP contribution in [0.1, 0.15) is 35.7 Å². The van der Waals surface area contributed by atoms with Crippen LogP contribution >= 0.6 is 0 Å². The van der Waals surface area contributed by atoms with Crippen LogP contribution in [0.4, 0.5) is 17.1 Å². The van der Waals surface area contributed by atoms with Gasteiger partial charge in [-0.25, -0.2) is 0 Å². The van der Waals surface area contributed by atoms with Gasteiger partial charge in [-0.2, -0.15) is 0 Å². The molecule has 0 radical (unpaired) electrons. The van der Waals surface area contributed by atoms with Gasteiger partial charge >= 0.3 is 0 Å². The molecule has 1 aliphatic heterocycles. The van der Waals surface area contributed by atoms with Crippen LogP contribution in [-0.2, 0) is 6.42 Å². The predicted octanol–water partition coefficient (Wildman–Crippen LogP) is 4.01. The SMILES string of the molecule is CCc1cccc(NC(=O)c2ccc(N3CCCC3)c([N+](=O)[O-])c2)c1. The number of nitro benzene ring substituents is 1. The molecule has 130 valence electrons. The fourth-order valence-electron chi connectivity index (χ4n) is 3.11. The number of carbonyl (C=O) groups excluding carboxylic acids is 1. The third-order valence-corrected chi connectivity index (χ3v) is 4.47. The molecule has 2 aromatic rings. The van der Waals surface area contributed by atoms with Crippen molar-refractivity contribution in [3.05, 3.63) is 63.7 Å². The molecule has 0 saturated carbocycles. The molecule has 0 spiro atoms. The van der Waals surface area contributed by atoms with Gasteiger partial charge in [-0.1, -0.05) is 19.1 Å². The van der Waals surface area contributed by atoms with Gasteiger partial charge in [-0.15, -0.1) is 0 Å². The number of amides is 1. The fourth-order valence-corrected chi connectivity index (χ4v) is 3.11. The highest BCUT2D eigenvalue weighted by Gasteiger charge is 2.23. The van der Waals surface area contributed by atoms with Gasteiger partial charge in [0.2, 0.25) is 0 Å². The fraction of sp³-hybridized carbons (Fsp3) is 0.316. The number of nitrogens with zero attached hydrogens (tertiary/aromatic N) is 2. The predicted molar refractivity (Wildman–Crippen MR) is 98.3 cm³/mol. The molecule has 3 rings (SSSR count). The van der Waals surface area contributed by atoms with Crippen molar-refractivity contribution < 1.29 is 9.72 Å². The van der Waals surface area contributed by atoms with Crippen LogP contribution in [0.2, 0.25) is 0 Å². The molecule has 0 bridgehead atoms. The molecule has 1 saturated heterocycles. The summed E-state index contributed by atoms with van der Waals surface area (Å²) in [6, 6.07) is 12.3. The summed E-state index contributed by atoms with van der Waals surface area (Å²) in [6.45, 7) is 3.67. The van der Waals surface area contributed by atoms with Crippen LogP contribution in [-0.4, -0.2) is 23.9 Å². The van der Waals surface area contributed by atoms with Gasteiger partial charge in [0, 0.05) is 30.4 Å². The van der Waals surface area contributed by atoms with Crippen molar-refractivity contribution in [3.8, 4) is 0 Å². The average molecular weight is 339 g/mol. The van der Waals surface area contributed by atoms with E-state index in [0.717, 1.165) is 37.9 Å². The maximum Gasteiger partial charge on any atom is 0.293 e. The first-order chi connectivity index (χ1) is 12.1. The molecule has 0 atom stereocenters. The topological polar surface area (TPSA) is 75.5 Å². The lowest BCUT2D eigenvalue weighted by atomic mass is 10.1. The lowest BCUT2D eigenvalue weighted by Gasteiger charge is -2.17. The van der Waals surface area contributed by atoms with Crippen LogP contribution in [0.25, 0.3) is 0 Å². The van der Waals surface area contributed by atoms with Crippen molar-refractivity contribution in [2.24, 2.45) is 0 Å². The van der Waals surface area contributed by atoms with Crippen molar-refractivity contribution in [2.75, 3.05) is 23.3 Å². The monoisotopic (exact) mass is 339 g/mol. The van der Waals surface area contributed by atoms with E-state index in [1.54, 1.807) is 12.1 Å². The summed E-state index contributed by atoms with van der Waals surface area (Å²) in [6.07, 6.45) is 2.94. The second-order valence-electron chi connectivity index (χ2n) is 6.16. The summed E-state index contributed by atoms with van der Waals surface area (Å²) in [5, 5.41) is 14.3. The van der Waals surface area contributed by atoms with Crippen molar-refractivity contribution >= 4 is 23.0 Å². The van der Waals surface area contributed by atoms with Crippen molar-refractivity contribution in [1.82, 2.24) is 0 Å².